The van der Waals surface area contributed by atoms with Gasteiger partial charge in [-0.25, -0.2) is 4.90 Å². The molecule has 2 aliphatic heterocycles. The number of fused-ring (bicyclic) bond motifs is 3. The summed E-state index contributed by atoms with van der Waals surface area (Å²) in [6, 6.07) is 29.4. The topological polar surface area (TPSA) is 37.4 Å². The van der Waals surface area contributed by atoms with Gasteiger partial charge in [0.05, 0.1) is 17.5 Å². The standard InChI is InChI=1S/C26H17NO2/c28-25-23-18-11-3-4-12-19(18)24(21-14-6-5-13-20(21)23)26(29)27(25)22-15-7-9-16-8-1-2-10-17(16)22/h1-15,23-24H. The highest BCUT2D eigenvalue weighted by atomic mass is 16.2. The summed E-state index contributed by atoms with van der Waals surface area (Å²) >= 11 is 0. The summed E-state index contributed by atoms with van der Waals surface area (Å²) in [6.45, 7) is 0. The van der Waals surface area contributed by atoms with Crippen molar-refractivity contribution in [3.63, 3.8) is 0 Å². The number of hydrogen-bond donors (Lipinski definition) is 0. The first kappa shape index (κ1) is 16.3. The summed E-state index contributed by atoms with van der Waals surface area (Å²) in [5, 5.41) is 1.92. The third kappa shape index (κ3) is 2.13. The highest BCUT2D eigenvalue weighted by molar-refractivity contribution is 6.25. The molecule has 3 aliphatic rings. The zero-order chi connectivity index (χ0) is 19.5. The summed E-state index contributed by atoms with van der Waals surface area (Å²) in [5.74, 6) is -1.29. The first-order valence-electron chi connectivity index (χ1n) is 9.79. The summed E-state index contributed by atoms with van der Waals surface area (Å²) in [6.07, 6.45) is 0. The van der Waals surface area contributed by atoms with Crippen LogP contribution in [0, 0.1) is 0 Å². The number of anilines is 1. The number of nitrogens with zero attached hydrogens (tertiary/aromatic N) is 1. The molecule has 0 radical (unpaired) electrons. The van der Waals surface area contributed by atoms with Gasteiger partial charge in [-0.2, -0.15) is 0 Å². The van der Waals surface area contributed by atoms with Gasteiger partial charge >= 0.3 is 0 Å². The van der Waals surface area contributed by atoms with Crippen LogP contribution in [0.2, 0.25) is 0 Å². The van der Waals surface area contributed by atoms with E-state index in [1.165, 1.54) is 4.90 Å². The second-order valence-electron chi connectivity index (χ2n) is 7.63. The van der Waals surface area contributed by atoms with Gasteiger partial charge in [-0.3, -0.25) is 9.59 Å². The fourth-order valence-corrected chi connectivity index (χ4v) is 4.95. The molecule has 0 saturated carbocycles. The minimum atomic E-state index is -0.468. The quantitative estimate of drug-likeness (QED) is 0.440. The van der Waals surface area contributed by atoms with E-state index in [-0.39, 0.29) is 11.8 Å². The molecular formula is C26H17NO2. The van der Waals surface area contributed by atoms with Crippen LogP contribution in [-0.4, -0.2) is 11.8 Å². The molecule has 2 amide bonds. The van der Waals surface area contributed by atoms with Gasteiger partial charge < -0.3 is 0 Å². The third-order valence-corrected chi connectivity index (χ3v) is 6.18. The molecule has 0 spiro atoms. The summed E-state index contributed by atoms with van der Waals surface area (Å²) in [5.41, 5.74) is 4.43. The third-order valence-electron chi connectivity index (χ3n) is 6.18. The maximum Gasteiger partial charge on any atom is 0.245 e. The van der Waals surface area contributed by atoms with Crippen LogP contribution in [-0.2, 0) is 9.59 Å². The van der Waals surface area contributed by atoms with E-state index in [2.05, 4.69) is 0 Å². The van der Waals surface area contributed by atoms with Crippen molar-refractivity contribution < 1.29 is 9.59 Å². The number of hydrogen-bond acceptors (Lipinski definition) is 2. The lowest BCUT2D eigenvalue weighted by Crippen LogP contribution is -2.38. The predicted octanol–water partition coefficient (Wildman–Crippen LogP) is 4.99. The van der Waals surface area contributed by atoms with E-state index in [1.807, 2.05) is 91.0 Å². The molecule has 3 heteroatoms. The number of rotatable bonds is 1. The monoisotopic (exact) mass is 375 g/mol. The Bertz CT molecular complexity index is 1210. The molecule has 7 rings (SSSR count). The van der Waals surface area contributed by atoms with E-state index in [1.54, 1.807) is 0 Å². The molecule has 0 aromatic heterocycles. The molecule has 0 atom stereocenters. The van der Waals surface area contributed by atoms with Crippen LogP contribution in [0.5, 0.6) is 0 Å². The summed E-state index contributed by atoms with van der Waals surface area (Å²) in [7, 11) is 0. The average molecular weight is 375 g/mol. The molecular weight excluding hydrogens is 358 g/mol. The predicted molar refractivity (Wildman–Crippen MR) is 113 cm³/mol. The van der Waals surface area contributed by atoms with Crippen LogP contribution in [0.4, 0.5) is 5.69 Å². The van der Waals surface area contributed by atoms with E-state index in [9.17, 15) is 9.59 Å². The second-order valence-corrected chi connectivity index (χ2v) is 7.63. The van der Waals surface area contributed by atoms with Crippen molar-refractivity contribution >= 4 is 28.3 Å². The lowest BCUT2D eigenvalue weighted by atomic mass is 9.73. The fraction of sp³-hybridized carbons (Fsp3) is 0.0769. The van der Waals surface area contributed by atoms with E-state index >= 15 is 0 Å². The molecule has 0 N–H and O–H groups in total. The molecule has 1 aliphatic carbocycles. The first-order chi connectivity index (χ1) is 14.3. The van der Waals surface area contributed by atoms with Crippen molar-refractivity contribution in [1.29, 1.82) is 0 Å². The molecule has 29 heavy (non-hydrogen) atoms. The van der Waals surface area contributed by atoms with Crippen molar-refractivity contribution in [2.75, 3.05) is 4.90 Å². The second kappa shape index (κ2) is 5.89. The molecule has 0 unspecified atom stereocenters. The molecule has 2 bridgehead atoms. The largest absolute Gasteiger partial charge is 0.273 e. The maximum atomic E-state index is 13.9. The molecule has 4 aromatic carbocycles. The zero-order valence-corrected chi connectivity index (χ0v) is 15.6. The van der Waals surface area contributed by atoms with Crippen molar-refractivity contribution in [2.24, 2.45) is 0 Å². The van der Waals surface area contributed by atoms with E-state index in [0.29, 0.717) is 5.69 Å². The highest BCUT2D eigenvalue weighted by Crippen LogP contribution is 2.49. The van der Waals surface area contributed by atoms with Crippen molar-refractivity contribution in [1.82, 2.24) is 0 Å². The van der Waals surface area contributed by atoms with Gasteiger partial charge in [0.15, 0.2) is 0 Å². The minimum absolute atomic E-state index is 0.175. The number of carbonyl (C=O) groups is 2. The summed E-state index contributed by atoms with van der Waals surface area (Å²) < 4.78 is 0. The Morgan fingerprint density at radius 3 is 1.52 bits per heavy atom. The fourth-order valence-electron chi connectivity index (χ4n) is 4.95. The van der Waals surface area contributed by atoms with Gasteiger partial charge in [-0.1, -0.05) is 84.9 Å². The first-order valence-corrected chi connectivity index (χ1v) is 9.79. The molecule has 4 aromatic rings. The highest BCUT2D eigenvalue weighted by Gasteiger charge is 2.48. The summed E-state index contributed by atoms with van der Waals surface area (Å²) in [4.78, 5) is 29.2. The number of benzene rings is 4. The van der Waals surface area contributed by atoms with Crippen molar-refractivity contribution in [3.05, 3.63) is 113 Å². The molecule has 2 heterocycles. The number of amides is 2. The van der Waals surface area contributed by atoms with Gasteiger partial charge in [-0.15, -0.1) is 0 Å². The Morgan fingerprint density at radius 1 is 0.517 bits per heavy atom. The molecule has 0 saturated heterocycles. The van der Waals surface area contributed by atoms with Gasteiger partial charge in [0, 0.05) is 5.39 Å². The SMILES string of the molecule is O=C1C2c3ccccc3C(C(=O)N1c1cccc3ccccc13)c1ccccc12. The van der Waals surface area contributed by atoms with Crippen LogP contribution in [0.25, 0.3) is 10.8 Å². The molecule has 3 nitrogen and oxygen atoms in total. The number of carbonyl (C=O) groups excluding carboxylic acids is 2. The van der Waals surface area contributed by atoms with Crippen molar-refractivity contribution in [2.45, 2.75) is 11.8 Å². The zero-order valence-electron chi connectivity index (χ0n) is 15.6. The van der Waals surface area contributed by atoms with E-state index in [4.69, 9.17) is 0 Å². The Hall–Kier alpha value is -3.72. The van der Waals surface area contributed by atoms with Gasteiger partial charge in [-0.05, 0) is 33.7 Å². The average Bonchev–Trinajstić information content (AvgIpc) is 2.92. The van der Waals surface area contributed by atoms with E-state index in [0.717, 1.165) is 33.0 Å². The normalized spacial score (nSPS) is 19.8. The van der Waals surface area contributed by atoms with Crippen molar-refractivity contribution in [3.8, 4) is 0 Å². The molecule has 0 fully saturated rings. The lowest BCUT2D eigenvalue weighted by Gasteiger charge is -2.27. The van der Waals surface area contributed by atoms with Crippen LogP contribution < -0.4 is 4.90 Å². The van der Waals surface area contributed by atoms with Gasteiger partial charge in [0.2, 0.25) is 11.8 Å². The Balaban J connectivity index is 1.66. The molecule has 138 valence electrons. The van der Waals surface area contributed by atoms with Gasteiger partial charge in [0.1, 0.15) is 0 Å². The number of imide groups is 1. The smallest absolute Gasteiger partial charge is 0.245 e. The van der Waals surface area contributed by atoms with Crippen LogP contribution in [0.3, 0.4) is 0 Å². The van der Waals surface area contributed by atoms with Crippen LogP contribution in [0.15, 0.2) is 91.0 Å². The van der Waals surface area contributed by atoms with Gasteiger partial charge in [0.25, 0.3) is 0 Å². The lowest BCUT2D eigenvalue weighted by molar-refractivity contribution is -0.126. The van der Waals surface area contributed by atoms with Crippen LogP contribution in [0.1, 0.15) is 34.1 Å². The van der Waals surface area contributed by atoms with Crippen LogP contribution >= 0.6 is 0 Å². The van der Waals surface area contributed by atoms with E-state index < -0.39 is 11.8 Å². The Labute approximate surface area is 168 Å². The maximum absolute atomic E-state index is 13.9. The minimum Gasteiger partial charge on any atom is -0.273 e. The Morgan fingerprint density at radius 2 is 0.966 bits per heavy atom. The Kier molecular flexibility index (Phi) is 3.30.